The van der Waals surface area contributed by atoms with E-state index in [9.17, 15) is 0 Å². The number of ether oxygens (including phenoxy) is 1. The summed E-state index contributed by atoms with van der Waals surface area (Å²) in [6, 6.07) is 10.5. The highest BCUT2D eigenvalue weighted by molar-refractivity contribution is 5.18. The summed E-state index contributed by atoms with van der Waals surface area (Å²) in [6.07, 6.45) is 0.0737. The van der Waals surface area contributed by atoms with Gasteiger partial charge in [0, 0.05) is 17.6 Å². The first-order valence-corrected chi connectivity index (χ1v) is 7.71. The van der Waals surface area contributed by atoms with Crippen LogP contribution in [0, 0.1) is 0 Å². The van der Waals surface area contributed by atoms with Crippen molar-refractivity contribution in [3.63, 3.8) is 0 Å². The second-order valence-corrected chi connectivity index (χ2v) is 7.55. The largest absolute Gasteiger partial charge is 0.370 e. The van der Waals surface area contributed by atoms with Crippen LogP contribution < -0.4 is 5.32 Å². The van der Waals surface area contributed by atoms with Crippen LogP contribution in [0.2, 0.25) is 0 Å². The first-order chi connectivity index (χ1) is 9.62. The predicted octanol–water partition coefficient (Wildman–Crippen LogP) is 3.47. The van der Waals surface area contributed by atoms with Crippen molar-refractivity contribution in [1.29, 1.82) is 0 Å². The highest BCUT2D eigenvalue weighted by Gasteiger charge is 2.24. The van der Waals surface area contributed by atoms with Gasteiger partial charge in [-0.1, -0.05) is 30.3 Å². The van der Waals surface area contributed by atoms with Gasteiger partial charge in [0.1, 0.15) is 0 Å². The molecular formula is C18H32N2O. The molecule has 0 saturated heterocycles. The highest BCUT2D eigenvalue weighted by atomic mass is 16.5. The summed E-state index contributed by atoms with van der Waals surface area (Å²) in [5.41, 5.74) is 1.34. The zero-order chi connectivity index (χ0) is 16.1. The molecule has 0 aromatic heterocycles. The first-order valence-electron chi connectivity index (χ1n) is 7.71. The molecule has 21 heavy (non-hydrogen) atoms. The number of likely N-dealkylation sites (N-methyl/N-ethyl adjacent to an activating group) is 1. The molecule has 0 saturated carbocycles. The van der Waals surface area contributed by atoms with E-state index in [1.807, 2.05) is 6.07 Å². The van der Waals surface area contributed by atoms with Crippen molar-refractivity contribution in [3.8, 4) is 0 Å². The lowest BCUT2D eigenvalue weighted by molar-refractivity contribution is -0.0143. The minimum absolute atomic E-state index is 0.0226. The van der Waals surface area contributed by atoms with Crippen LogP contribution in [0.15, 0.2) is 30.3 Å². The lowest BCUT2D eigenvalue weighted by Crippen LogP contribution is -2.44. The zero-order valence-electron chi connectivity index (χ0n) is 14.7. The topological polar surface area (TPSA) is 24.5 Å². The van der Waals surface area contributed by atoms with E-state index in [1.54, 1.807) is 0 Å². The minimum atomic E-state index is 0.0226. The summed E-state index contributed by atoms with van der Waals surface area (Å²) in [5.74, 6) is 0. The first kappa shape index (κ1) is 18.1. The van der Waals surface area contributed by atoms with Crippen LogP contribution in [0.25, 0.3) is 0 Å². The standard InChI is InChI=1S/C18H32N2O/c1-17(2,3)19-13-16(15-11-9-8-10-12-15)21-14-18(4,5)20(6)7/h8-12,16,19H,13-14H2,1-7H3. The van der Waals surface area contributed by atoms with Crippen molar-refractivity contribution in [2.24, 2.45) is 0 Å². The number of hydrogen-bond donors (Lipinski definition) is 1. The number of nitrogens with zero attached hydrogens (tertiary/aromatic N) is 1. The third kappa shape index (κ3) is 6.60. The maximum Gasteiger partial charge on any atom is 0.0950 e. The van der Waals surface area contributed by atoms with Gasteiger partial charge in [-0.3, -0.25) is 0 Å². The molecule has 1 unspecified atom stereocenters. The fraction of sp³-hybridized carbons (Fsp3) is 0.667. The molecule has 1 aromatic rings. The summed E-state index contributed by atoms with van der Waals surface area (Å²) in [6.45, 7) is 12.5. The molecule has 0 radical (unpaired) electrons. The molecule has 120 valence electrons. The van der Waals surface area contributed by atoms with Crippen LogP contribution in [0.1, 0.15) is 46.3 Å². The van der Waals surface area contributed by atoms with Gasteiger partial charge in [0.2, 0.25) is 0 Å². The van der Waals surface area contributed by atoms with Gasteiger partial charge in [-0.2, -0.15) is 0 Å². The quantitative estimate of drug-likeness (QED) is 0.833. The Morgan fingerprint density at radius 1 is 1.05 bits per heavy atom. The van der Waals surface area contributed by atoms with Gasteiger partial charge in [0.15, 0.2) is 0 Å². The van der Waals surface area contributed by atoms with Crippen LogP contribution in [0.5, 0.6) is 0 Å². The Hall–Kier alpha value is -0.900. The van der Waals surface area contributed by atoms with Crippen LogP contribution in [-0.4, -0.2) is 43.2 Å². The van der Waals surface area contributed by atoms with E-state index in [1.165, 1.54) is 5.56 Å². The van der Waals surface area contributed by atoms with Crippen LogP contribution in [0.4, 0.5) is 0 Å². The number of hydrogen-bond acceptors (Lipinski definition) is 3. The van der Waals surface area contributed by atoms with E-state index >= 15 is 0 Å². The maximum absolute atomic E-state index is 6.25. The van der Waals surface area contributed by atoms with Gasteiger partial charge in [0.25, 0.3) is 0 Å². The van der Waals surface area contributed by atoms with Gasteiger partial charge in [-0.25, -0.2) is 0 Å². The molecule has 0 amide bonds. The van der Waals surface area contributed by atoms with Crippen LogP contribution in [0.3, 0.4) is 0 Å². The number of benzene rings is 1. The van der Waals surface area contributed by atoms with Crippen molar-refractivity contribution in [2.75, 3.05) is 27.2 Å². The molecule has 0 bridgehead atoms. The van der Waals surface area contributed by atoms with Gasteiger partial charge in [0.05, 0.1) is 12.7 Å². The Bertz CT molecular complexity index is 407. The lowest BCUT2D eigenvalue weighted by Gasteiger charge is -2.34. The van der Waals surface area contributed by atoms with Crippen LogP contribution in [-0.2, 0) is 4.74 Å². The summed E-state index contributed by atoms with van der Waals surface area (Å²) in [5, 5.41) is 3.55. The summed E-state index contributed by atoms with van der Waals surface area (Å²) >= 11 is 0. The lowest BCUT2D eigenvalue weighted by atomic mass is 10.0. The van der Waals surface area contributed by atoms with Gasteiger partial charge in [-0.15, -0.1) is 0 Å². The van der Waals surface area contributed by atoms with Crippen molar-refractivity contribution in [1.82, 2.24) is 10.2 Å². The molecule has 1 rings (SSSR count). The predicted molar refractivity (Wildman–Crippen MR) is 90.7 cm³/mol. The number of nitrogens with one attached hydrogen (secondary N) is 1. The maximum atomic E-state index is 6.25. The summed E-state index contributed by atoms with van der Waals surface area (Å²) < 4.78 is 6.25. The second-order valence-electron chi connectivity index (χ2n) is 7.55. The van der Waals surface area contributed by atoms with Gasteiger partial charge < -0.3 is 15.0 Å². The van der Waals surface area contributed by atoms with Crippen molar-refractivity contribution >= 4 is 0 Å². The normalized spacial score (nSPS) is 14.5. The molecule has 0 fully saturated rings. The van der Waals surface area contributed by atoms with E-state index in [-0.39, 0.29) is 17.2 Å². The van der Waals surface area contributed by atoms with Crippen molar-refractivity contribution < 1.29 is 4.74 Å². The Morgan fingerprint density at radius 3 is 2.10 bits per heavy atom. The van der Waals surface area contributed by atoms with Crippen molar-refractivity contribution in [2.45, 2.75) is 51.8 Å². The molecule has 1 aromatic carbocycles. The zero-order valence-corrected chi connectivity index (χ0v) is 14.7. The third-order valence-electron chi connectivity index (χ3n) is 3.84. The Kier molecular flexibility index (Phi) is 6.39. The molecule has 1 atom stereocenters. The smallest absolute Gasteiger partial charge is 0.0950 e. The second kappa shape index (κ2) is 7.39. The molecule has 0 heterocycles. The van der Waals surface area contributed by atoms with Gasteiger partial charge >= 0.3 is 0 Å². The molecule has 3 heteroatoms. The van der Waals surface area contributed by atoms with Gasteiger partial charge in [-0.05, 0) is 54.3 Å². The van der Waals surface area contributed by atoms with E-state index in [0.717, 1.165) is 6.54 Å². The highest BCUT2D eigenvalue weighted by Crippen LogP contribution is 2.21. The fourth-order valence-corrected chi connectivity index (χ4v) is 1.77. The molecule has 0 aliphatic carbocycles. The van der Waals surface area contributed by atoms with Crippen LogP contribution >= 0.6 is 0 Å². The summed E-state index contributed by atoms with van der Waals surface area (Å²) in [7, 11) is 4.18. The average molecular weight is 292 g/mol. The SMILES string of the molecule is CN(C)C(C)(C)COC(CNC(C)(C)C)c1ccccc1. The Labute approximate surface area is 130 Å². The third-order valence-corrected chi connectivity index (χ3v) is 3.84. The average Bonchev–Trinajstić information content (AvgIpc) is 2.38. The number of rotatable bonds is 7. The Balaban J connectivity index is 2.74. The Morgan fingerprint density at radius 2 is 1.62 bits per heavy atom. The van der Waals surface area contributed by atoms with E-state index in [4.69, 9.17) is 4.74 Å². The van der Waals surface area contributed by atoms with Crippen molar-refractivity contribution in [3.05, 3.63) is 35.9 Å². The molecule has 0 aliphatic heterocycles. The fourth-order valence-electron chi connectivity index (χ4n) is 1.77. The minimum Gasteiger partial charge on any atom is -0.370 e. The molecule has 1 N–H and O–H groups in total. The molecule has 0 spiro atoms. The molecular weight excluding hydrogens is 260 g/mol. The summed E-state index contributed by atoms with van der Waals surface area (Å²) in [4.78, 5) is 2.20. The molecule has 0 aliphatic rings. The van der Waals surface area contributed by atoms with E-state index in [2.05, 4.69) is 83.2 Å². The monoisotopic (exact) mass is 292 g/mol. The van der Waals surface area contributed by atoms with E-state index < -0.39 is 0 Å². The van der Waals surface area contributed by atoms with E-state index in [0.29, 0.717) is 6.61 Å². The molecule has 3 nitrogen and oxygen atoms in total.